The Labute approximate surface area is 250 Å². The van der Waals surface area contributed by atoms with Gasteiger partial charge in [-0.25, -0.2) is 9.37 Å². The molecule has 2 aromatic rings. The molecule has 0 aliphatic carbocycles. The van der Waals surface area contributed by atoms with Crippen LogP contribution in [0.2, 0.25) is 0 Å². The molecule has 3 heterocycles. The summed E-state index contributed by atoms with van der Waals surface area (Å²) in [7, 11) is 5.98. The zero-order valence-electron chi connectivity index (χ0n) is 26.5. The van der Waals surface area contributed by atoms with E-state index in [2.05, 4.69) is 57.8 Å². The molecule has 2 aliphatic heterocycles. The molecule has 1 spiro atoms. The fraction of sp³-hybridized carbons (Fsp3) is 0.677. The lowest BCUT2D eigenvalue weighted by Gasteiger charge is -2.53. The minimum atomic E-state index is -0.503. The molecule has 1 amide bonds. The van der Waals surface area contributed by atoms with Gasteiger partial charge < -0.3 is 24.2 Å². The molecule has 0 bridgehead atoms. The number of nitrogens with zero attached hydrogens (tertiary/aromatic N) is 7. The van der Waals surface area contributed by atoms with Crippen LogP contribution in [0.25, 0.3) is 0 Å². The third-order valence-corrected chi connectivity index (χ3v) is 8.63. The number of hydrogen-bond acceptors (Lipinski definition) is 9. The first-order valence-electron chi connectivity index (χ1n) is 15.1. The van der Waals surface area contributed by atoms with Crippen LogP contribution >= 0.6 is 0 Å². The standard InChI is InChI=1S/C31H48FN7O3/c1-9-39(22(4)5)30(40)25-14-23(32)10-11-27(25)42-29-28(33-20-34-35-29)37-13-12-31(17-37)18-38(19-31)26(21(2)3)15-24(41-8)16-36(6)7/h10-11,14,20-22,24,26H,9,12-13,15-19H2,1-8H3/t24-,26-/m1/s1. The normalized spacial score (nSPS) is 18.1. The smallest absolute Gasteiger partial charge is 0.282 e. The maximum Gasteiger partial charge on any atom is 0.282 e. The largest absolute Gasteiger partial charge is 0.434 e. The molecular weight excluding hydrogens is 537 g/mol. The van der Waals surface area contributed by atoms with Crippen LogP contribution in [-0.4, -0.2) is 114 Å². The summed E-state index contributed by atoms with van der Waals surface area (Å²) in [5.41, 5.74) is 0.327. The van der Waals surface area contributed by atoms with Crippen molar-refractivity contribution in [2.24, 2.45) is 11.3 Å². The van der Waals surface area contributed by atoms with Crippen LogP contribution in [0.4, 0.5) is 10.2 Å². The van der Waals surface area contributed by atoms with E-state index in [-0.39, 0.29) is 40.7 Å². The average Bonchev–Trinajstić information content (AvgIpc) is 3.37. The molecule has 0 N–H and O–H groups in total. The van der Waals surface area contributed by atoms with E-state index >= 15 is 0 Å². The molecule has 42 heavy (non-hydrogen) atoms. The summed E-state index contributed by atoms with van der Waals surface area (Å²) in [5, 5.41) is 8.20. The van der Waals surface area contributed by atoms with Gasteiger partial charge >= 0.3 is 0 Å². The number of anilines is 1. The number of likely N-dealkylation sites (tertiary alicyclic amines) is 1. The van der Waals surface area contributed by atoms with Crippen LogP contribution in [0.15, 0.2) is 24.5 Å². The second-order valence-corrected chi connectivity index (χ2v) is 12.8. The Hall–Kier alpha value is -2.89. The fourth-order valence-electron chi connectivity index (χ4n) is 6.49. The lowest BCUT2D eigenvalue weighted by atomic mass is 9.76. The van der Waals surface area contributed by atoms with E-state index in [1.165, 1.54) is 24.5 Å². The van der Waals surface area contributed by atoms with Crippen LogP contribution in [0.1, 0.15) is 57.8 Å². The minimum Gasteiger partial charge on any atom is -0.434 e. The number of rotatable bonds is 13. The Morgan fingerprint density at radius 1 is 1.17 bits per heavy atom. The number of hydrogen-bond donors (Lipinski definition) is 0. The predicted molar refractivity (Wildman–Crippen MR) is 162 cm³/mol. The Morgan fingerprint density at radius 2 is 1.90 bits per heavy atom. The van der Waals surface area contributed by atoms with Gasteiger partial charge in [0.05, 0.1) is 11.7 Å². The lowest BCUT2D eigenvalue weighted by molar-refractivity contribution is -0.0529. The van der Waals surface area contributed by atoms with E-state index in [1.807, 2.05) is 27.9 Å². The van der Waals surface area contributed by atoms with Crippen molar-refractivity contribution in [3.63, 3.8) is 0 Å². The predicted octanol–water partition coefficient (Wildman–Crippen LogP) is 4.18. The van der Waals surface area contributed by atoms with Crippen LogP contribution in [0.5, 0.6) is 11.6 Å². The molecule has 0 radical (unpaired) electrons. The number of methoxy groups -OCH3 is 1. The van der Waals surface area contributed by atoms with E-state index in [9.17, 15) is 9.18 Å². The monoisotopic (exact) mass is 585 g/mol. The van der Waals surface area contributed by atoms with Crippen molar-refractivity contribution in [3.05, 3.63) is 35.9 Å². The van der Waals surface area contributed by atoms with Crippen molar-refractivity contribution in [1.29, 1.82) is 0 Å². The molecule has 0 unspecified atom stereocenters. The number of carbonyl (C=O) groups excluding carboxylic acids is 1. The summed E-state index contributed by atoms with van der Waals surface area (Å²) in [6, 6.07) is 4.39. The van der Waals surface area contributed by atoms with Gasteiger partial charge in [-0.15, -0.1) is 10.2 Å². The highest BCUT2D eigenvalue weighted by molar-refractivity contribution is 5.97. The molecule has 1 aromatic carbocycles. The van der Waals surface area contributed by atoms with Crippen LogP contribution < -0.4 is 9.64 Å². The van der Waals surface area contributed by atoms with E-state index in [0.717, 1.165) is 45.6 Å². The summed E-state index contributed by atoms with van der Waals surface area (Å²) in [6.07, 6.45) is 3.66. The zero-order valence-corrected chi connectivity index (χ0v) is 26.5. The number of amides is 1. The number of halogens is 1. The summed E-state index contributed by atoms with van der Waals surface area (Å²) in [6.45, 7) is 15.5. The van der Waals surface area contributed by atoms with Gasteiger partial charge in [0.1, 0.15) is 17.9 Å². The van der Waals surface area contributed by atoms with Gasteiger partial charge in [-0.3, -0.25) is 9.69 Å². The fourth-order valence-corrected chi connectivity index (χ4v) is 6.49. The number of likely N-dealkylation sites (N-methyl/N-ethyl adjacent to an activating group) is 1. The molecule has 0 saturated carbocycles. The third kappa shape index (κ3) is 7.18. The second kappa shape index (κ2) is 13.6. The first-order chi connectivity index (χ1) is 20.0. The molecule has 2 aliphatic rings. The van der Waals surface area contributed by atoms with Crippen LogP contribution in [0.3, 0.4) is 0 Å². The molecule has 4 rings (SSSR count). The van der Waals surface area contributed by atoms with Crippen molar-refractivity contribution in [1.82, 2.24) is 29.9 Å². The van der Waals surface area contributed by atoms with Crippen molar-refractivity contribution < 1.29 is 18.7 Å². The van der Waals surface area contributed by atoms with E-state index in [0.29, 0.717) is 24.3 Å². The number of benzene rings is 1. The molecule has 232 valence electrons. The van der Waals surface area contributed by atoms with Crippen LogP contribution in [0, 0.1) is 17.2 Å². The number of carbonyl (C=O) groups is 1. The maximum absolute atomic E-state index is 14.3. The summed E-state index contributed by atoms with van der Waals surface area (Å²) in [4.78, 5) is 26.5. The molecule has 1 aromatic heterocycles. The SMILES string of the molecule is CCN(C(=O)c1cc(F)ccc1Oc1nncnc1N1CCC2(C1)CN([C@H](C[C@H](CN(C)C)OC)C(C)C)C2)C(C)C. The minimum absolute atomic E-state index is 0.0427. The third-order valence-electron chi connectivity index (χ3n) is 8.63. The lowest BCUT2D eigenvalue weighted by Crippen LogP contribution is -2.62. The summed E-state index contributed by atoms with van der Waals surface area (Å²) in [5.74, 6) is 0.764. The molecule has 11 heteroatoms. The molecule has 10 nitrogen and oxygen atoms in total. The van der Waals surface area contributed by atoms with E-state index in [4.69, 9.17) is 9.47 Å². The molecule has 2 fully saturated rings. The van der Waals surface area contributed by atoms with Gasteiger partial charge in [-0.05, 0) is 71.8 Å². The van der Waals surface area contributed by atoms with Crippen LogP contribution in [-0.2, 0) is 4.74 Å². The van der Waals surface area contributed by atoms with E-state index in [1.54, 1.807) is 4.90 Å². The van der Waals surface area contributed by atoms with Gasteiger partial charge in [0.25, 0.3) is 11.8 Å². The Kier molecular flexibility index (Phi) is 10.4. The Morgan fingerprint density at radius 3 is 2.52 bits per heavy atom. The summed E-state index contributed by atoms with van der Waals surface area (Å²) < 4.78 is 26.3. The van der Waals surface area contributed by atoms with Gasteiger partial charge in [-0.2, -0.15) is 0 Å². The molecule has 2 saturated heterocycles. The van der Waals surface area contributed by atoms with Crippen molar-refractivity contribution in [3.8, 4) is 11.6 Å². The van der Waals surface area contributed by atoms with E-state index < -0.39 is 5.82 Å². The van der Waals surface area contributed by atoms with Crippen molar-refractivity contribution in [2.75, 3.05) is 65.4 Å². The Bertz CT molecular complexity index is 1200. The summed E-state index contributed by atoms with van der Waals surface area (Å²) >= 11 is 0. The average molecular weight is 586 g/mol. The molecule has 2 atom stereocenters. The second-order valence-electron chi connectivity index (χ2n) is 12.8. The van der Waals surface area contributed by atoms with Gasteiger partial charge in [-0.1, -0.05) is 13.8 Å². The van der Waals surface area contributed by atoms with Gasteiger partial charge in [0, 0.05) is 63.9 Å². The first kappa shape index (κ1) is 32.0. The number of ether oxygens (including phenoxy) is 2. The highest BCUT2D eigenvalue weighted by atomic mass is 19.1. The quantitative estimate of drug-likeness (QED) is 0.344. The zero-order chi connectivity index (χ0) is 30.6. The van der Waals surface area contributed by atoms with Gasteiger partial charge in [0.15, 0.2) is 5.82 Å². The van der Waals surface area contributed by atoms with Crippen molar-refractivity contribution >= 4 is 11.7 Å². The van der Waals surface area contributed by atoms with Gasteiger partial charge in [0.2, 0.25) is 0 Å². The number of aromatic nitrogens is 3. The highest BCUT2D eigenvalue weighted by Crippen LogP contribution is 2.44. The maximum atomic E-state index is 14.3. The molecular formula is C31H48FN7O3. The Balaban J connectivity index is 1.48. The first-order valence-corrected chi connectivity index (χ1v) is 15.1. The highest BCUT2D eigenvalue weighted by Gasteiger charge is 2.50. The van der Waals surface area contributed by atoms with Crippen molar-refractivity contribution in [2.45, 2.75) is 65.6 Å². The topological polar surface area (TPSA) is 87.2 Å².